The molecule has 110 valence electrons. The Bertz CT molecular complexity index is 474. The SMILES string of the molecule is FC(F)(F)Oc1cccc(C2CCC3CCCC3N2)c1. The molecule has 1 saturated heterocycles. The van der Waals surface area contributed by atoms with E-state index >= 15 is 0 Å². The highest BCUT2D eigenvalue weighted by Crippen LogP contribution is 2.38. The van der Waals surface area contributed by atoms with Gasteiger partial charge < -0.3 is 10.1 Å². The first kappa shape index (κ1) is 13.7. The number of halogens is 3. The summed E-state index contributed by atoms with van der Waals surface area (Å²) in [5.41, 5.74) is 0.886. The maximum atomic E-state index is 12.3. The maximum absolute atomic E-state index is 12.3. The van der Waals surface area contributed by atoms with Gasteiger partial charge in [0.25, 0.3) is 0 Å². The average Bonchev–Trinajstić information content (AvgIpc) is 2.84. The first-order chi connectivity index (χ1) is 9.51. The summed E-state index contributed by atoms with van der Waals surface area (Å²) in [7, 11) is 0. The molecule has 2 aliphatic rings. The number of rotatable bonds is 2. The van der Waals surface area contributed by atoms with Gasteiger partial charge in [-0.1, -0.05) is 18.6 Å². The van der Waals surface area contributed by atoms with E-state index in [1.807, 2.05) is 6.07 Å². The van der Waals surface area contributed by atoms with E-state index in [4.69, 9.17) is 0 Å². The maximum Gasteiger partial charge on any atom is 0.573 e. The van der Waals surface area contributed by atoms with E-state index in [0.717, 1.165) is 24.3 Å². The monoisotopic (exact) mass is 285 g/mol. The Kier molecular flexibility index (Phi) is 3.63. The van der Waals surface area contributed by atoms with E-state index in [-0.39, 0.29) is 11.8 Å². The van der Waals surface area contributed by atoms with E-state index in [1.54, 1.807) is 6.07 Å². The lowest BCUT2D eigenvalue weighted by Crippen LogP contribution is -2.40. The summed E-state index contributed by atoms with van der Waals surface area (Å²) < 4.78 is 40.8. The summed E-state index contributed by atoms with van der Waals surface area (Å²) in [5, 5.41) is 3.58. The van der Waals surface area contributed by atoms with Crippen LogP contribution in [0.3, 0.4) is 0 Å². The molecular formula is C15H18F3NO. The van der Waals surface area contributed by atoms with Crippen LogP contribution < -0.4 is 10.1 Å². The molecule has 0 spiro atoms. The molecular weight excluding hydrogens is 267 g/mol. The molecule has 5 heteroatoms. The van der Waals surface area contributed by atoms with Crippen LogP contribution in [-0.4, -0.2) is 12.4 Å². The Balaban J connectivity index is 1.72. The summed E-state index contributed by atoms with van der Waals surface area (Å²) >= 11 is 0. The minimum atomic E-state index is -4.63. The lowest BCUT2D eigenvalue weighted by Gasteiger charge is -2.34. The summed E-state index contributed by atoms with van der Waals surface area (Å²) in [5.74, 6) is 0.617. The minimum Gasteiger partial charge on any atom is -0.406 e. The Morgan fingerprint density at radius 1 is 1.10 bits per heavy atom. The summed E-state index contributed by atoms with van der Waals surface area (Å²) in [6.07, 6.45) is 1.23. The van der Waals surface area contributed by atoms with Crippen molar-refractivity contribution in [3.8, 4) is 5.75 Å². The standard InChI is InChI=1S/C15H18F3NO/c16-15(17,18)20-12-5-1-4-11(9-12)14-8-7-10-3-2-6-13(10)19-14/h1,4-5,9-10,13-14,19H,2-3,6-8H2. The van der Waals surface area contributed by atoms with Crippen molar-refractivity contribution >= 4 is 0 Å². The highest BCUT2D eigenvalue weighted by molar-refractivity contribution is 5.31. The molecule has 0 radical (unpaired) electrons. The van der Waals surface area contributed by atoms with Gasteiger partial charge in [-0.3, -0.25) is 0 Å². The molecule has 2 nitrogen and oxygen atoms in total. The van der Waals surface area contributed by atoms with Crippen molar-refractivity contribution in [1.82, 2.24) is 5.32 Å². The molecule has 0 aromatic heterocycles. The molecule has 0 bridgehead atoms. The van der Waals surface area contributed by atoms with Gasteiger partial charge in [0.15, 0.2) is 0 Å². The second-order valence-corrected chi connectivity index (χ2v) is 5.71. The van der Waals surface area contributed by atoms with Crippen LogP contribution in [0.15, 0.2) is 24.3 Å². The second-order valence-electron chi connectivity index (χ2n) is 5.71. The molecule has 1 N–H and O–H groups in total. The highest BCUT2D eigenvalue weighted by atomic mass is 19.4. The minimum absolute atomic E-state index is 0.134. The summed E-state index contributed by atoms with van der Waals surface area (Å²) in [6.45, 7) is 0. The number of alkyl halides is 3. The fourth-order valence-electron chi connectivity index (χ4n) is 3.52. The average molecular weight is 285 g/mol. The molecule has 1 heterocycles. The molecule has 1 aromatic carbocycles. The van der Waals surface area contributed by atoms with Crippen LogP contribution in [0, 0.1) is 5.92 Å². The van der Waals surface area contributed by atoms with Crippen molar-refractivity contribution in [1.29, 1.82) is 0 Å². The smallest absolute Gasteiger partial charge is 0.406 e. The Morgan fingerprint density at radius 2 is 1.95 bits per heavy atom. The first-order valence-corrected chi connectivity index (χ1v) is 7.13. The van der Waals surface area contributed by atoms with Gasteiger partial charge in [-0.15, -0.1) is 13.2 Å². The predicted molar refractivity (Wildman–Crippen MR) is 69.4 cm³/mol. The Morgan fingerprint density at radius 3 is 2.75 bits per heavy atom. The van der Waals surface area contributed by atoms with Crippen LogP contribution in [0.1, 0.15) is 43.7 Å². The summed E-state index contributed by atoms with van der Waals surface area (Å²) in [6, 6.07) is 7.01. The number of ether oxygens (including phenoxy) is 1. The van der Waals surface area contributed by atoms with Crippen molar-refractivity contribution in [2.45, 2.75) is 50.6 Å². The third kappa shape index (κ3) is 3.08. The summed E-state index contributed by atoms with van der Waals surface area (Å²) in [4.78, 5) is 0. The molecule has 1 aliphatic carbocycles. The third-order valence-electron chi connectivity index (χ3n) is 4.39. The quantitative estimate of drug-likeness (QED) is 0.880. The zero-order valence-electron chi connectivity index (χ0n) is 11.1. The van der Waals surface area contributed by atoms with Crippen LogP contribution in [0.4, 0.5) is 13.2 Å². The van der Waals surface area contributed by atoms with E-state index in [1.165, 1.54) is 31.4 Å². The molecule has 1 aliphatic heterocycles. The topological polar surface area (TPSA) is 21.3 Å². The van der Waals surface area contributed by atoms with Crippen molar-refractivity contribution in [3.05, 3.63) is 29.8 Å². The largest absolute Gasteiger partial charge is 0.573 e. The van der Waals surface area contributed by atoms with Crippen molar-refractivity contribution in [2.75, 3.05) is 0 Å². The number of piperidine rings is 1. The number of fused-ring (bicyclic) bond motifs is 1. The Hall–Kier alpha value is -1.23. The van der Waals surface area contributed by atoms with Gasteiger partial charge in [0, 0.05) is 12.1 Å². The van der Waals surface area contributed by atoms with Crippen LogP contribution in [0.5, 0.6) is 5.75 Å². The zero-order chi connectivity index (χ0) is 14.2. The van der Waals surface area contributed by atoms with Crippen molar-refractivity contribution in [3.63, 3.8) is 0 Å². The number of benzene rings is 1. The number of hydrogen-bond donors (Lipinski definition) is 1. The Labute approximate surface area is 116 Å². The van der Waals surface area contributed by atoms with Gasteiger partial charge in [0.1, 0.15) is 5.75 Å². The van der Waals surface area contributed by atoms with E-state index in [9.17, 15) is 13.2 Å². The van der Waals surface area contributed by atoms with Gasteiger partial charge in [-0.05, 0) is 49.3 Å². The van der Waals surface area contributed by atoms with Crippen LogP contribution in [-0.2, 0) is 0 Å². The molecule has 3 atom stereocenters. The first-order valence-electron chi connectivity index (χ1n) is 7.13. The molecule has 0 amide bonds. The van der Waals surface area contributed by atoms with Gasteiger partial charge >= 0.3 is 6.36 Å². The molecule has 3 unspecified atom stereocenters. The fourth-order valence-corrected chi connectivity index (χ4v) is 3.52. The van der Waals surface area contributed by atoms with Gasteiger partial charge in [-0.25, -0.2) is 0 Å². The van der Waals surface area contributed by atoms with E-state index in [0.29, 0.717) is 6.04 Å². The second kappa shape index (κ2) is 5.28. The molecule has 20 heavy (non-hydrogen) atoms. The number of nitrogens with one attached hydrogen (secondary N) is 1. The van der Waals surface area contributed by atoms with Crippen LogP contribution in [0.2, 0.25) is 0 Å². The van der Waals surface area contributed by atoms with Gasteiger partial charge in [0.2, 0.25) is 0 Å². The van der Waals surface area contributed by atoms with E-state index in [2.05, 4.69) is 10.1 Å². The molecule has 3 rings (SSSR count). The van der Waals surface area contributed by atoms with Crippen LogP contribution in [0.25, 0.3) is 0 Å². The van der Waals surface area contributed by atoms with Crippen LogP contribution >= 0.6 is 0 Å². The molecule has 1 aromatic rings. The van der Waals surface area contributed by atoms with Crippen molar-refractivity contribution in [2.24, 2.45) is 5.92 Å². The number of hydrogen-bond acceptors (Lipinski definition) is 2. The fraction of sp³-hybridized carbons (Fsp3) is 0.600. The normalized spacial score (nSPS) is 30.1. The highest BCUT2D eigenvalue weighted by Gasteiger charge is 2.34. The molecule has 2 fully saturated rings. The third-order valence-corrected chi connectivity index (χ3v) is 4.39. The predicted octanol–water partition coefficient (Wildman–Crippen LogP) is 4.18. The van der Waals surface area contributed by atoms with Gasteiger partial charge in [0.05, 0.1) is 0 Å². The lowest BCUT2D eigenvalue weighted by molar-refractivity contribution is -0.274. The van der Waals surface area contributed by atoms with E-state index < -0.39 is 6.36 Å². The van der Waals surface area contributed by atoms with Crippen molar-refractivity contribution < 1.29 is 17.9 Å². The van der Waals surface area contributed by atoms with Gasteiger partial charge in [-0.2, -0.15) is 0 Å². The zero-order valence-corrected chi connectivity index (χ0v) is 11.1. The lowest BCUT2D eigenvalue weighted by atomic mass is 9.87. The molecule has 1 saturated carbocycles.